The minimum atomic E-state index is -0.786. The molecule has 2 aromatic rings. The molecule has 2 aromatic carbocycles. The molecule has 0 aromatic heterocycles. The van der Waals surface area contributed by atoms with Crippen LogP contribution in [0.4, 0.5) is 0 Å². The van der Waals surface area contributed by atoms with Crippen LogP contribution in [0, 0.1) is 5.92 Å². The molecule has 0 spiro atoms. The Morgan fingerprint density at radius 1 is 0.795 bits per heavy atom. The van der Waals surface area contributed by atoms with Crippen LogP contribution in [-0.4, -0.2) is 82.3 Å². The number of quaternary nitrogens is 1. The first-order valence-corrected chi connectivity index (χ1v) is 15.4. The maximum atomic E-state index is 12.1. The third-order valence-electron chi connectivity index (χ3n) is 9.07. The quantitative estimate of drug-likeness (QED) is 0.146. The van der Waals surface area contributed by atoms with Gasteiger partial charge in [0, 0.05) is 24.8 Å². The molecule has 244 valence electrons. The molecule has 1 aliphatic rings. The number of hydrogen-bond donors (Lipinski definition) is 2. The van der Waals surface area contributed by atoms with Crippen molar-refractivity contribution in [2.75, 3.05) is 55.7 Å². The van der Waals surface area contributed by atoms with E-state index in [9.17, 15) is 14.7 Å². The standard InChI is InChI=1S/C34H49NO9/c1-35(16-11-13-24(34(38)39)12-9-7-8-10-14-32(36)37)17-15-25-21-28(40-2)29(41-3)22-26(25)27(35)18-23-19-30(42-4)33(44-6)31(20-23)43-5/h19-22,24,27H,7-18H2,1-6H3,(H-,36,37,38,39)/p+1/t24?,27-,35+/m1/s1. The van der Waals surface area contributed by atoms with Gasteiger partial charge in [-0.25, -0.2) is 0 Å². The number of carbonyl (C=O) groups is 2. The third kappa shape index (κ3) is 8.71. The number of carboxylic acid groups (broad SMARTS) is 2. The molecule has 2 N–H and O–H groups in total. The van der Waals surface area contributed by atoms with Gasteiger partial charge in [-0.05, 0) is 61.1 Å². The summed E-state index contributed by atoms with van der Waals surface area (Å²) in [4.78, 5) is 22.8. The second-order valence-corrected chi connectivity index (χ2v) is 11.9. The fourth-order valence-electron chi connectivity index (χ4n) is 6.52. The van der Waals surface area contributed by atoms with Crippen LogP contribution in [0.5, 0.6) is 28.7 Å². The van der Waals surface area contributed by atoms with Crippen molar-refractivity contribution in [2.45, 2.75) is 70.3 Å². The molecule has 0 fully saturated rings. The number of benzene rings is 2. The summed E-state index contributed by atoms with van der Waals surface area (Å²) < 4.78 is 28.9. The summed E-state index contributed by atoms with van der Waals surface area (Å²) in [6.45, 7) is 1.73. The van der Waals surface area contributed by atoms with Crippen molar-refractivity contribution < 1.29 is 48.0 Å². The van der Waals surface area contributed by atoms with E-state index in [4.69, 9.17) is 28.8 Å². The van der Waals surface area contributed by atoms with Crippen LogP contribution in [0.25, 0.3) is 0 Å². The van der Waals surface area contributed by atoms with Gasteiger partial charge in [-0.3, -0.25) is 9.59 Å². The topological polar surface area (TPSA) is 121 Å². The molecular formula is C34H50NO9+. The van der Waals surface area contributed by atoms with Crippen LogP contribution in [0.1, 0.15) is 74.1 Å². The summed E-state index contributed by atoms with van der Waals surface area (Å²) in [7, 11) is 10.4. The summed E-state index contributed by atoms with van der Waals surface area (Å²) in [5, 5.41) is 18.8. The van der Waals surface area contributed by atoms with Crippen molar-refractivity contribution in [1.29, 1.82) is 0 Å². The molecule has 0 amide bonds. The molecule has 44 heavy (non-hydrogen) atoms. The van der Waals surface area contributed by atoms with Gasteiger partial charge < -0.3 is 38.4 Å². The number of aliphatic carboxylic acids is 2. The molecule has 1 unspecified atom stereocenters. The number of nitrogens with zero attached hydrogens (tertiary/aromatic N) is 1. The Hall–Kier alpha value is -3.66. The van der Waals surface area contributed by atoms with Crippen molar-refractivity contribution in [3.63, 3.8) is 0 Å². The Morgan fingerprint density at radius 2 is 1.39 bits per heavy atom. The highest BCUT2D eigenvalue weighted by Gasteiger charge is 2.40. The lowest BCUT2D eigenvalue weighted by atomic mass is 9.85. The second kappa shape index (κ2) is 16.4. The zero-order valence-corrected chi connectivity index (χ0v) is 27.1. The molecule has 0 bridgehead atoms. The fraction of sp³-hybridized carbons (Fsp3) is 0.588. The molecular weight excluding hydrogens is 566 g/mol. The molecule has 1 heterocycles. The molecule has 10 nitrogen and oxygen atoms in total. The van der Waals surface area contributed by atoms with Crippen molar-refractivity contribution in [3.05, 3.63) is 41.0 Å². The summed E-state index contributed by atoms with van der Waals surface area (Å²) in [5.41, 5.74) is 3.46. The van der Waals surface area contributed by atoms with E-state index in [1.807, 2.05) is 12.1 Å². The van der Waals surface area contributed by atoms with Gasteiger partial charge in [0.15, 0.2) is 23.0 Å². The number of likely N-dealkylation sites (N-methyl/N-ethyl adjacent to an activating group) is 1. The lowest BCUT2D eigenvalue weighted by Gasteiger charge is -2.46. The van der Waals surface area contributed by atoms with E-state index in [1.165, 1.54) is 11.1 Å². The maximum absolute atomic E-state index is 12.1. The van der Waals surface area contributed by atoms with Gasteiger partial charge in [0.1, 0.15) is 6.04 Å². The van der Waals surface area contributed by atoms with E-state index in [0.29, 0.717) is 54.4 Å². The average molecular weight is 617 g/mol. The number of ether oxygens (including phenoxy) is 5. The number of methoxy groups -OCH3 is 5. The predicted octanol–water partition coefficient (Wildman–Crippen LogP) is 5.92. The lowest BCUT2D eigenvalue weighted by molar-refractivity contribution is -0.941. The monoisotopic (exact) mass is 616 g/mol. The Labute approximate surface area is 261 Å². The molecule has 10 heteroatoms. The molecule has 3 rings (SSSR count). The fourth-order valence-corrected chi connectivity index (χ4v) is 6.52. The van der Waals surface area contributed by atoms with Crippen LogP contribution < -0.4 is 23.7 Å². The first kappa shape index (κ1) is 34.8. The van der Waals surface area contributed by atoms with E-state index in [1.54, 1.807) is 35.5 Å². The number of unbranched alkanes of at least 4 members (excludes halogenated alkanes) is 3. The van der Waals surface area contributed by atoms with E-state index < -0.39 is 17.9 Å². The van der Waals surface area contributed by atoms with Gasteiger partial charge in [0.05, 0.1) is 61.6 Å². The van der Waals surface area contributed by atoms with Gasteiger partial charge >= 0.3 is 11.9 Å². The highest BCUT2D eigenvalue weighted by molar-refractivity contribution is 5.69. The van der Waals surface area contributed by atoms with Gasteiger partial charge in [0.25, 0.3) is 0 Å². The van der Waals surface area contributed by atoms with E-state index in [2.05, 4.69) is 19.2 Å². The minimum absolute atomic E-state index is 0.0684. The Kier molecular flexibility index (Phi) is 13.0. The first-order valence-electron chi connectivity index (χ1n) is 15.4. The summed E-state index contributed by atoms with van der Waals surface area (Å²) in [6.07, 6.45) is 6.82. The van der Waals surface area contributed by atoms with Crippen LogP contribution in [0.3, 0.4) is 0 Å². The highest BCUT2D eigenvalue weighted by Crippen LogP contribution is 2.45. The van der Waals surface area contributed by atoms with Crippen molar-refractivity contribution in [2.24, 2.45) is 5.92 Å². The highest BCUT2D eigenvalue weighted by atomic mass is 16.5. The zero-order chi connectivity index (χ0) is 32.3. The predicted molar refractivity (Wildman–Crippen MR) is 167 cm³/mol. The zero-order valence-electron chi connectivity index (χ0n) is 27.1. The van der Waals surface area contributed by atoms with Crippen LogP contribution in [0.2, 0.25) is 0 Å². The molecule has 0 saturated carbocycles. The van der Waals surface area contributed by atoms with Gasteiger partial charge in [0.2, 0.25) is 5.75 Å². The molecule has 0 saturated heterocycles. The van der Waals surface area contributed by atoms with Crippen molar-refractivity contribution >= 4 is 11.9 Å². The maximum Gasteiger partial charge on any atom is 0.306 e. The first-order chi connectivity index (χ1) is 21.1. The SMILES string of the molecule is COc1cc2c(cc1OC)[C@@H](Cc1cc(OC)c(OC)c(OC)c1)[N@@+](C)(CCCC(CCCCCCC(=O)O)C(=O)O)CC2. The second-order valence-electron chi connectivity index (χ2n) is 11.9. The van der Waals surface area contributed by atoms with Crippen LogP contribution in [-0.2, 0) is 22.4 Å². The third-order valence-corrected chi connectivity index (χ3v) is 9.07. The normalized spacial score (nSPS) is 18.2. The minimum Gasteiger partial charge on any atom is -0.493 e. The van der Waals surface area contributed by atoms with Gasteiger partial charge in [-0.15, -0.1) is 0 Å². The Balaban J connectivity index is 1.85. The van der Waals surface area contributed by atoms with Crippen molar-refractivity contribution in [1.82, 2.24) is 0 Å². The van der Waals surface area contributed by atoms with Gasteiger partial charge in [-0.1, -0.05) is 19.3 Å². The number of carboxylic acids is 2. The number of rotatable bonds is 19. The molecule has 1 aliphatic heterocycles. The average Bonchev–Trinajstić information content (AvgIpc) is 3.01. The molecule has 0 radical (unpaired) electrons. The smallest absolute Gasteiger partial charge is 0.306 e. The van der Waals surface area contributed by atoms with E-state index in [-0.39, 0.29) is 12.5 Å². The summed E-state index contributed by atoms with van der Waals surface area (Å²) in [6, 6.07) is 8.24. The van der Waals surface area contributed by atoms with Gasteiger partial charge in [-0.2, -0.15) is 0 Å². The summed E-state index contributed by atoms with van der Waals surface area (Å²) >= 11 is 0. The summed E-state index contributed by atoms with van der Waals surface area (Å²) in [5.74, 6) is 1.20. The van der Waals surface area contributed by atoms with Crippen LogP contribution in [0.15, 0.2) is 24.3 Å². The number of hydrogen-bond acceptors (Lipinski definition) is 7. The molecule has 3 atom stereocenters. The van der Waals surface area contributed by atoms with Crippen LogP contribution >= 0.6 is 0 Å². The Bertz CT molecular complexity index is 1240. The Morgan fingerprint density at radius 3 is 1.95 bits per heavy atom. The van der Waals surface area contributed by atoms with E-state index >= 15 is 0 Å². The number of fused-ring (bicyclic) bond motifs is 1. The largest absolute Gasteiger partial charge is 0.493 e. The van der Waals surface area contributed by atoms with E-state index in [0.717, 1.165) is 55.2 Å². The lowest BCUT2D eigenvalue weighted by Crippen LogP contribution is -2.52. The molecule has 0 aliphatic carbocycles. The van der Waals surface area contributed by atoms with Crippen molar-refractivity contribution in [3.8, 4) is 28.7 Å².